The number of rotatable bonds is 3. The Morgan fingerprint density at radius 1 is 1.80 bits per heavy atom. The summed E-state index contributed by atoms with van der Waals surface area (Å²) in [5.74, 6) is 0. The van der Waals surface area contributed by atoms with Gasteiger partial charge in [0.15, 0.2) is 0 Å². The van der Waals surface area contributed by atoms with Crippen molar-refractivity contribution in [2.24, 2.45) is 4.99 Å². The summed E-state index contributed by atoms with van der Waals surface area (Å²) in [6.07, 6.45) is 7.00. The molecule has 1 N–H and O–H groups in total. The molecule has 1 heterocycles. The monoisotopic (exact) mass is 135 g/mol. The molecule has 0 aromatic carbocycles. The summed E-state index contributed by atoms with van der Waals surface area (Å²) in [7, 11) is 0. The first-order chi connectivity index (χ1) is 4.93. The van der Waals surface area contributed by atoms with Gasteiger partial charge >= 0.3 is 0 Å². The topological polar surface area (TPSA) is 41.0 Å². The second-order valence-corrected chi connectivity index (χ2v) is 1.81. The van der Waals surface area contributed by atoms with Crippen molar-refractivity contribution in [2.45, 2.75) is 0 Å². The fourth-order valence-corrected chi connectivity index (χ4v) is 0.564. The molecule has 10 heavy (non-hydrogen) atoms. The van der Waals surface area contributed by atoms with E-state index in [0.29, 0.717) is 6.54 Å². The predicted molar refractivity (Wildman–Crippen MR) is 41.2 cm³/mol. The lowest BCUT2D eigenvalue weighted by molar-refractivity contribution is 1.09. The van der Waals surface area contributed by atoms with Crippen LogP contribution in [-0.2, 0) is 0 Å². The SMILES string of the molecule is C=CCN=Cc1cn[nH]c1. The molecular weight excluding hydrogens is 126 g/mol. The number of aliphatic imine (C=N–C) groups is 1. The third-order valence-electron chi connectivity index (χ3n) is 0.994. The van der Waals surface area contributed by atoms with E-state index in [9.17, 15) is 0 Å². The largest absolute Gasteiger partial charge is 0.288 e. The maximum atomic E-state index is 4.03. The number of hydrogen-bond acceptors (Lipinski definition) is 2. The summed E-state index contributed by atoms with van der Waals surface area (Å²) in [5.41, 5.74) is 0.988. The molecule has 0 atom stereocenters. The molecule has 0 aliphatic heterocycles. The highest BCUT2D eigenvalue weighted by Crippen LogP contribution is 1.86. The van der Waals surface area contributed by atoms with Crippen molar-refractivity contribution >= 4 is 6.21 Å². The Hall–Kier alpha value is -1.38. The molecule has 0 aliphatic rings. The first-order valence-electron chi connectivity index (χ1n) is 3.03. The van der Waals surface area contributed by atoms with E-state index in [2.05, 4.69) is 21.8 Å². The van der Waals surface area contributed by atoms with E-state index in [1.54, 1.807) is 24.7 Å². The van der Waals surface area contributed by atoms with Gasteiger partial charge in [-0.2, -0.15) is 5.10 Å². The smallest absolute Gasteiger partial charge is 0.0575 e. The highest BCUT2D eigenvalue weighted by atomic mass is 15.1. The van der Waals surface area contributed by atoms with Crippen LogP contribution in [-0.4, -0.2) is 23.0 Å². The van der Waals surface area contributed by atoms with E-state index in [0.717, 1.165) is 5.56 Å². The molecule has 0 aliphatic carbocycles. The van der Waals surface area contributed by atoms with Crippen LogP contribution in [0.25, 0.3) is 0 Å². The van der Waals surface area contributed by atoms with Gasteiger partial charge in [0.05, 0.1) is 12.7 Å². The first kappa shape index (κ1) is 6.74. The fraction of sp³-hybridized carbons (Fsp3) is 0.143. The molecule has 0 spiro atoms. The molecule has 0 saturated carbocycles. The van der Waals surface area contributed by atoms with Gasteiger partial charge in [0.1, 0.15) is 0 Å². The normalized spacial score (nSPS) is 10.4. The van der Waals surface area contributed by atoms with Crippen molar-refractivity contribution in [3.8, 4) is 0 Å². The average Bonchev–Trinajstić information content (AvgIpc) is 2.41. The van der Waals surface area contributed by atoms with E-state index in [1.807, 2.05) is 0 Å². The van der Waals surface area contributed by atoms with Crippen molar-refractivity contribution in [3.63, 3.8) is 0 Å². The third kappa shape index (κ3) is 1.85. The Morgan fingerprint density at radius 3 is 3.30 bits per heavy atom. The zero-order valence-corrected chi connectivity index (χ0v) is 5.62. The first-order valence-corrected chi connectivity index (χ1v) is 3.03. The Labute approximate surface area is 59.5 Å². The highest BCUT2D eigenvalue weighted by Gasteiger charge is 1.83. The molecule has 1 aromatic heterocycles. The van der Waals surface area contributed by atoms with E-state index in [4.69, 9.17) is 0 Å². The van der Waals surface area contributed by atoms with Crippen molar-refractivity contribution in [1.82, 2.24) is 10.2 Å². The lowest BCUT2D eigenvalue weighted by Crippen LogP contribution is -1.76. The van der Waals surface area contributed by atoms with Gasteiger partial charge in [-0.3, -0.25) is 10.1 Å². The molecule has 0 unspecified atom stereocenters. The van der Waals surface area contributed by atoms with E-state index < -0.39 is 0 Å². The van der Waals surface area contributed by atoms with E-state index in [1.165, 1.54) is 0 Å². The third-order valence-corrected chi connectivity index (χ3v) is 0.994. The Kier molecular flexibility index (Phi) is 2.43. The molecule has 3 heteroatoms. The summed E-state index contributed by atoms with van der Waals surface area (Å²) >= 11 is 0. The molecule has 0 amide bonds. The summed E-state index contributed by atoms with van der Waals surface area (Å²) in [6, 6.07) is 0. The molecule has 0 radical (unpaired) electrons. The lowest BCUT2D eigenvalue weighted by atomic mass is 10.4. The van der Waals surface area contributed by atoms with Crippen molar-refractivity contribution in [3.05, 3.63) is 30.6 Å². The summed E-state index contributed by atoms with van der Waals surface area (Å²) < 4.78 is 0. The van der Waals surface area contributed by atoms with Gasteiger partial charge in [-0.15, -0.1) is 6.58 Å². The highest BCUT2D eigenvalue weighted by molar-refractivity contribution is 5.78. The number of H-pyrrole nitrogens is 1. The van der Waals surface area contributed by atoms with Crippen molar-refractivity contribution < 1.29 is 0 Å². The molecule has 0 saturated heterocycles. The van der Waals surface area contributed by atoms with Gasteiger partial charge in [-0.05, 0) is 0 Å². The number of hydrogen-bond donors (Lipinski definition) is 1. The van der Waals surface area contributed by atoms with Crippen LogP contribution in [0.2, 0.25) is 0 Å². The molecule has 3 nitrogen and oxygen atoms in total. The minimum atomic E-state index is 0.658. The van der Waals surface area contributed by atoms with Gasteiger partial charge in [0.2, 0.25) is 0 Å². The van der Waals surface area contributed by atoms with Crippen LogP contribution < -0.4 is 0 Å². The van der Waals surface area contributed by atoms with Crippen molar-refractivity contribution in [2.75, 3.05) is 6.54 Å². The Bertz CT molecular complexity index is 211. The van der Waals surface area contributed by atoms with Crippen LogP contribution in [0.3, 0.4) is 0 Å². The molecule has 0 bridgehead atoms. The minimum Gasteiger partial charge on any atom is -0.288 e. The number of nitrogens with one attached hydrogen (secondary N) is 1. The van der Waals surface area contributed by atoms with Gasteiger partial charge < -0.3 is 0 Å². The maximum absolute atomic E-state index is 4.03. The van der Waals surface area contributed by atoms with Gasteiger partial charge in [-0.1, -0.05) is 6.08 Å². The standard InChI is InChI=1S/C7H9N3/c1-2-3-8-4-7-5-9-10-6-7/h2,4-6H,1,3H2,(H,9,10). The van der Waals surface area contributed by atoms with Gasteiger partial charge in [0.25, 0.3) is 0 Å². The van der Waals surface area contributed by atoms with Crippen LogP contribution >= 0.6 is 0 Å². The maximum Gasteiger partial charge on any atom is 0.0575 e. The van der Waals surface area contributed by atoms with Gasteiger partial charge in [0, 0.05) is 18.0 Å². The fourth-order valence-electron chi connectivity index (χ4n) is 0.564. The quantitative estimate of drug-likeness (QED) is 0.487. The summed E-state index contributed by atoms with van der Waals surface area (Å²) in [5, 5.41) is 6.45. The average molecular weight is 135 g/mol. The van der Waals surface area contributed by atoms with Crippen LogP contribution in [0.1, 0.15) is 5.56 Å². The molecule has 52 valence electrons. The van der Waals surface area contributed by atoms with Crippen LogP contribution in [0.15, 0.2) is 30.0 Å². The Morgan fingerprint density at radius 2 is 2.70 bits per heavy atom. The number of nitrogens with zero attached hydrogens (tertiary/aromatic N) is 2. The second kappa shape index (κ2) is 3.61. The summed E-state index contributed by atoms with van der Waals surface area (Å²) in [4.78, 5) is 4.03. The van der Waals surface area contributed by atoms with Crippen LogP contribution in [0.5, 0.6) is 0 Å². The predicted octanol–water partition coefficient (Wildman–Crippen LogP) is 1.01. The Balaban J connectivity index is 2.47. The summed E-state index contributed by atoms with van der Waals surface area (Å²) in [6.45, 7) is 4.20. The van der Waals surface area contributed by atoms with E-state index in [-0.39, 0.29) is 0 Å². The number of aromatic nitrogens is 2. The second-order valence-electron chi connectivity index (χ2n) is 1.81. The van der Waals surface area contributed by atoms with Crippen molar-refractivity contribution in [1.29, 1.82) is 0 Å². The molecule has 1 rings (SSSR count). The lowest BCUT2D eigenvalue weighted by Gasteiger charge is -1.79. The zero-order chi connectivity index (χ0) is 7.23. The molecule has 0 fully saturated rings. The van der Waals surface area contributed by atoms with Gasteiger partial charge in [-0.25, -0.2) is 0 Å². The van der Waals surface area contributed by atoms with E-state index >= 15 is 0 Å². The van der Waals surface area contributed by atoms with Crippen LogP contribution in [0, 0.1) is 0 Å². The molecule has 1 aromatic rings. The van der Waals surface area contributed by atoms with Crippen LogP contribution in [0.4, 0.5) is 0 Å². The minimum absolute atomic E-state index is 0.658. The number of aromatic amines is 1. The molecular formula is C7H9N3. The zero-order valence-electron chi connectivity index (χ0n) is 5.62.